The van der Waals surface area contributed by atoms with E-state index >= 15 is 0 Å². The number of carbonyl (C=O) groups is 2. The number of amides is 2. The van der Waals surface area contributed by atoms with Crippen LogP contribution in [0.25, 0.3) is 0 Å². The Kier molecular flexibility index (Phi) is 10.5. The molecular weight excluding hydrogens is 534 g/mol. The molecule has 0 unspecified atom stereocenters. The van der Waals surface area contributed by atoms with Crippen molar-refractivity contribution in [3.8, 4) is 0 Å². The Morgan fingerprint density at radius 2 is 1.54 bits per heavy atom. The summed E-state index contributed by atoms with van der Waals surface area (Å²) in [6.07, 6.45) is 0.343. The minimum atomic E-state index is -4.09. The first-order valence-electron chi connectivity index (χ1n) is 13.0. The van der Waals surface area contributed by atoms with Crippen molar-refractivity contribution in [2.45, 2.75) is 51.6 Å². The largest absolute Gasteiger partial charge is 0.354 e. The van der Waals surface area contributed by atoms with E-state index in [0.29, 0.717) is 29.2 Å². The van der Waals surface area contributed by atoms with Gasteiger partial charge in [0.1, 0.15) is 12.6 Å². The van der Waals surface area contributed by atoms with Crippen LogP contribution in [0.4, 0.5) is 5.69 Å². The molecule has 0 aliphatic rings. The van der Waals surface area contributed by atoms with E-state index in [0.717, 1.165) is 9.87 Å². The summed E-state index contributed by atoms with van der Waals surface area (Å²) in [6.45, 7) is 7.73. The molecule has 7 nitrogen and oxygen atoms in total. The lowest BCUT2D eigenvalue weighted by Crippen LogP contribution is -2.52. The van der Waals surface area contributed by atoms with Gasteiger partial charge in [0.15, 0.2) is 0 Å². The van der Waals surface area contributed by atoms with Gasteiger partial charge in [-0.25, -0.2) is 8.42 Å². The number of benzene rings is 3. The molecule has 3 aromatic carbocycles. The summed E-state index contributed by atoms with van der Waals surface area (Å²) in [5.74, 6) is -0.576. The van der Waals surface area contributed by atoms with Crippen molar-refractivity contribution in [3.05, 3.63) is 95.0 Å². The fourth-order valence-corrected chi connectivity index (χ4v) is 5.74. The number of nitrogens with one attached hydrogen (secondary N) is 1. The number of hydrogen-bond acceptors (Lipinski definition) is 4. The first-order chi connectivity index (χ1) is 18.5. The second-order valence-electron chi connectivity index (χ2n) is 9.84. The lowest BCUT2D eigenvalue weighted by Gasteiger charge is -2.33. The summed E-state index contributed by atoms with van der Waals surface area (Å²) in [7, 11) is -4.09. The third-order valence-corrected chi connectivity index (χ3v) is 8.46. The van der Waals surface area contributed by atoms with Gasteiger partial charge in [0.05, 0.1) is 10.6 Å². The van der Waals surface area contributed by atoms with Crippen molar-refractivity contribution < 1.29 is 18.0 Å². The number of sulfonamides is 1. The smallest absolute Gasteiger partial charge is 0.264 e. The van der Waals surface area contributed by atoms with Crippen molar-refractivity contribution in [2.75, 3.05) is 17.4 Å². The average molecular weight is 570 g/mol. The molecule has 2 amide bonds. The van der Waals surface area contributed by atoms with Crippen LogP contribution >= 0.6 is 11.6 Å². The Hall–Kier alpha value is -3.36. The SMILES string of the molecule is CC[C@H](C(=O)NCC(C)C)N(Cc1ccccc1Cl)C(=O)CN(c1ccc(C)cc1)S(=O)(=O)c1ccccc1. The summed E-state index contributed by atoms with van der Waals surface area (Å²) in [5.41, 5.74) is 1.97. The van der Waals surface area contributed by atoms with Crippen molar-refractivity contribution in [3.63, 3.8) is 0 Å². The summed E-state index contributed by atoms with van der Waals surface area (Å²) in [6, 6.07) is 21.2. The van der Waals surface area contributed by atoms with Crippen LogP contribution in [0.5, 0.6) is 0 Å². The van der Waals surface area contributed by atoms with Gasteiger partial charge in [0.25, 0.3) is 10.0 Å². The fraction of sp³-hybridized carbons (Fsp3) is 0.333. The van der Waals surface area contributed by atoms with E-state index in [1.807, 2.05) is 33.8 Å². The molecule has 3 rings (SSSR count). The minimum Gasteiger partial charge on any atom is -0.354 e. The van der Waals surface area contributed by atoms with Crippen molar-refractivity contribution in [1.29, 1.82) is 0 Å². The summed E-state index contributed by atoms with van der Waals surface area (Å²) >= 11 is 6.43. The number of rotatable bonds is 12. The predicted octanol–water partition coefficient (Wildman–Crippen LogP) is 5.42. The van der Waals surface area contributed by atoms with Crippen molar-refractivity contribution in [2.24, 2.45) is 5.92 Å². The Morgan fingerprint density at radius 3 is 2.13 bits per heavy atom. The van der Waals surface area contributed by atoms with E-state index in [2.05, 4.69) is 5.32 Å². The number of anilines is 1. The normalized spacial score (nSPS) is 12.2. The van der Waals surface area contributed by atoms with E-state index in [-0.39, 0.29) is 23.3 Å². The van der Waals surface area contributed by atoms with E-state index < -0.39 is 28.5 Å². The summed E-state index contributed by atoms with van der Waals surface area (Å²) in [4.78, 5) is 28.8. The van der Waals surface area contributed by atoms with E-state index in [1.165, 1.54) is 17.0 Å². The molecule has 0 aliphatic carbocycles. The van der Waals surface area contributed by atoms with Crippen LogP contribution in [-0.2, 0) is 26.2 Å². The molecule has 39 heavy (non-hydrogen) atoms. The molecule has 0 fully saturated rings. The summed E-state index contributed by atoms with van der Waals surface area (Å²) in [5, 5.41) is 3.38. The molecule has 0 radical (unpaired) electrons. The molecule has 208 valence electrons. The molecule has 0 heterocycles. The molecule has 0 aromatic heterocycles. The molecule has 3 aromatic rings. The van der Waals surface area contributed by atoms with Crippen molar-refractivity contribution in [1.82, 2.24) is 10.2 Å². The zero-order valence-electron chi connectivity index (χ0n) is 22.8. The highest BCUT2D eigenvalue weighted by molar-refractivity contribution is 7.92. The number of carbonyl (C=O) groups excluding carboxylic acids is 2. The van der Waals surface area contributed by atoms with Crippen molar-refractivity contribution >= 4 is 39.1 Å². The number of nitrogens with zero attached hydrogens (tertiary/aromatic N) is 2. The molecule has 0 bridgehead atoms. The van der Waals surface area contributed by atoms with Gasteiger partial charge in [-0.1, -0.05) is 86.5 Å². The maximum Gasteiger partial charge on any atom is 0.264 e. The Labute approximate surface area is 236 Å². The molecule has 0 saturated carbocycles. The maximum atomic E-state index is 14.0. The summed E-state index contributed by atoms with van der Waals surface area (Å²) < 4.78 is 28.7. The minimum absolute atomic E-state index is 0.0548. The quantitative estimate of drug-likeness (QED) is 0.315. The Bertz CT molecular complexity index is 1360. The van der Waals surface area contributed by atoms with Crippen LogP contribution in [0.3, 0.4) is 0 Å². The molecule has 1 atom stereocenters. The third-order valence-electron chi connectivity index (χ3n) is 6.30. The first kappa shape index (κ1) is 30.2. The zero-order valence-corrected chi connectivity index (χ0v) is 24.4. The van der Waals surface area contributed by atoms with Gasteiger partial charge >= 0.3 is 0 Å². The van der Waals surface area contributed by atoms with Crippen LogP contribution in [-0.4, -0.2) is 44.3 Å². The van der Waals surface area contributed by atoms with Gasteiger partial charge in [-0.15, -0.1) is 0 Å². The zero-order chi connectivity index (χ0) is 28.6. The van der Waals surface area contributed by atoms with Gasteiger partial charge in [-0.3, -0.25) is 13.9 Å². The maximum absolute atomic E-state index is 14.0. The lowest BCUT2D eigenvalue weighted by atomic mass is 10.1. The standard InChI is InChI=1S/C30H36ClN3O4S/c1-5-28(30(36)32-19-22(2)3)33(20-24-11-9-10-14-27(24)31)29(35)21-34(25-17-15-23(4)16-18-25)39(37,38)26-12-7-6-8-13-26/h6-18,22,28H,5,19-21H2,1-4H3,(H,32,36)/t28-/m1/s1. The Balaban J connectivity index is 2.04. The van der Waals surface area contributed by atoms with Crippen LogP contribution in [0.2, 0.25) is 5.02 Å². The number of halogens is 1. The van der Waals surface area contributed by atoms with Crippen LogP contribution in [0.1, 0.15) is 38.3 Å². The molecule has 0 saturated heterocycles. The van der Waals surface area contributed by atoms with Crippen LogP contribution < -0.4 is 9.62 Å². The first-order valence-corrected chi connectivity index (χ1v) is 14.8. The molecule has 9 heteroatoms. The van der Waals surface area contributed by atoms with Gasteiger partial charge in [0.2, 0.25) is 11.8 Å². The molecule has 0 aliphatic heterocycles. The average Bonchev–Trinajstić information content (AvgIpc) is 2.92. The fourth-order valence-electron chi connectivity index (χ4n) is 4.11. The molecule has 0 spiro atoms. The topological polar surface area (TPSA) is 86.8 Å². The lowest BCUT2D eigenvalue weighted by molar-refractivity contribution is -0.140. The molecular formula is C30H36ClN3O4S. The Morgan fingerprint density at radius 1 is 0.923 bits per heavy atom. The number of aryl methyl sites for hydroxylation is 1. The highest BCUT2D eigenvalue weighted by Crippen LogP contribution is 2.26. The van der Waals surface area contributed by atoms with E-state index in [1.54, 1.807) is 60.7 Å². The van der Waals surface area contributed by atoms with Crippen LogP contribution in [0.15, 0.2) is 83.8 Å². The second-order valence-corrected chi connectivity index (χ2v) is 12.1. The number of hydrogen-bond donors (Lipinski definition) is 1. The third kappa shape index (κ3) is 7.83. The van der Waals surface area contributed by atoms with Gasteiger partial charge in [-0.2, -0.15) is 0 Å². The highest BCUT2D eigenvalue weighted by Gasteiger charge is 2.33. The highest BCUT2D eigenvalue weighted by atomic mass is 35.5. The van der Waals surface area contributed by atoms with Crippen LogP contribution in [0, 0.1) is 12.8 Å². The molecule has 1 N–H and O–H groups in total. The van der Waals surface area contributed by atoms with E-state index in [9.17, 15) is 18.0 Å². The van der Waals surface area contributed by atoms with Gasteiger partial charge < -0.3 is 10.2 Å². The predicted molar refractivity (Wildman–Crippen MR) is 156 cm³/mol. The van der Waals surface area contributed by atoms with Gasteiger partial charge in [0, 0.05) is 18.1 Å². The second kappa shape index (κ2) is 13.6. The van der Waals surface area contributed by atoms with E-state index in [4.69, 9.17) is 11.6 Å². The van der Waals surface area contributed by atoms with Gasteiger partial charge in [-0.05, 0) is 55.2 Å². The monoisotopic (exact) mass is 569 g/mol.